The molecule has 2 aromatic rings. The van der Waals surface area contributed by atoms with Crippen molar-refractivity contribution in [3.63, 3.8) is 0 Å². The molecule has 0 spiro atoms. The predicted octanol–water partition coefficient (Wildman–Crippen LogP) is 1.83. The SMILES string of the molecule is COc1cc(C#Cc2cc[nH]n2)cc(OC)c1. The minimum Gasteiger partial charge on any atom is -0.497 e. The number of aromatic amines is 1. The van der Waals surface area contributed by atoms with E-state index in [9.17, 15) is 0 Å². The fraction of sp³-hybridized carbons (Fsp3) is 0.154. The number of hydrogen-bond donors (Lipinski definition) is 1. The van der Waals surface area contributed by atoms with Gasteiger partial charge in [0, 0.05) is 17.8 Å². The van der Waals surface area contributed by atoms with Crippen molar-refractivity contribution in [2.24, 2.45) is 0 Å². The summed E-state index contributed by atoms with van der Waals surface area (Å²) in [5, 5.41) is 6.66. The lowest BCUT2D eigenvalue weighted by atomic mass is 10.2. The van der Waals surface area contributed by atoms with Crippen molar-refractivity contribution < 1.29 is 9.47 Å². The lowest BCUT2D eigenvalue weighted by molar-refractivity contribution is 0.394. The van der Waals surface area contributed by atoms with E-state index in [0.29, 0.717) is 5.69 Å². The molecule has 0 bridgehead atoms. The summed E-state index contributed by atoms with van der Waals surface area (Å²) in [5.74, 6) is 7.38. The summed E-state index contributed by atoms with van der Waals surface area (Å²) >= 11 is 0. The number of H-pyrrole nitrogens is 1. The third-order valence-electron chi connectivity index (χ3n) is 2.19. The van der Waals surface area contributed by atoms with E-state index in [4.69, 9.17) is 9.47 Å². The number of nitrogens with one attached hydrogen (secondary N) is 1. The molecule has 0 aliphatic heterocycles. The second kappa shape index (κ2) is 5.08. The normalized spacial score (nSPS) is 9.29. The van der Waals surface area contributed by atoms with E-state index in [2.05, 4.69) is 22.0 Å². The first-order valence-corrected chi connectivity index (χ1v) is 5.06. The molecule has 17 heavy (non-hydrogen) atoms. The van der Waals surface area contributed by atoms with Gasteiger partial charge in [-0.25, -0.2) is 0 Å². The van der Waals surface area contributed by atoms with Gasteiger partial charge in [-0.05, 0) is 24.1 Å². The molecule has 2 rings (SSSR count). The molecule has 0 saturated heterocycles. The Kier molecular flexibility index (Phi) is 3.31. The van der Waals surface area contributed by atoms with Crippen LogP contribution in [0, 0.1) is 11.8 Å². The minimum atomic E-state index is 0.701. The minimum absolute atomic E-state index is 0.701. The van der Waals surface area contributed by atoms with Gasteiger partial charge in [-0.2, -0.15) is 5.10 Å². The van der Waals surface area contributed by atoms with Crippen molar-refractivity contribution >= 4 is 0 Å². The standard InChI is InChI=1S/C13H12N2O2/c1-16-12-7-10(8-13(9-12)17-2)3-4-11-5-6-14-15-11/h5-9H,1-2H3,(H,14,15). The molecule has 1 aromatic carbocycles. The maximum absolute atomic E-state index is 5.16. The van der Waals surface area contributed by atoms with Crippen LogP contribution in [0.15, 0.2) is 30.5 Å². The number of hydrogen-bond acceptors (Lipinski definition) is 3. The zero-order chi connectivity index (χ0) is 12.1. The molecule has 1 aromatic heterocycles. The van der Waals surface area contributed by atoms with Crippen LogP contribution in [0.2, 0.25) is 0 Å². The Bertz CT molecular complexity index is 528. The van der Waals surface area contributed by atoms with Crippen LogP contribution in [0.3, 0.4) is 0 Å². The molecule has 0 aliphatic carbocycles. The molecule has 0 aliphatic rings. The summed E-state index contributed by atoms with van der Waals surface area (Å²) < 4.78 is 10.3. The van der Waals surface area contributed by atoms with Gasteiger partial charge >= 0.3 is 0 Å². The zero-order valence-corrected chi connectivity index (χ0v) is 9.65. The van der Waals surface area contributed by atoms with Gasteiger partial charge in [0.25, 0.3) is 0 Å². The molecule has 0 fully saturated rings. The largest absolute Gasteiger partial charge is 0.497 e. The van der Waals surface area contributed by atoms with Crippen molar-refractivity contribution in [2.75, 3.05) is 14.2 Å². The first-order valence-electron chi connectivity index (χ1n) is 5.06. The highest BCUT2D eigenvalue weighted by molar-refractivity contribution is 5.47. The molecule has 0 unspecified atom stereocenters. The summed E-state index contributed by atoms with van der Waals surface area (Å²) in [4.78, 5) is 0. The highest BCUT2D eigenvalue weighted by Crippen LogP contribution is 2.21. The van der Waals surface area contributed by atoms with Crippen molar-refractivity contribution in [2.45, 2.75) is 0 Å². The number of nitrogens with zero attached hydrogens (tertiary/aromatic N) is 1. The fourth-order valence-corrected chi connectivity index (χ4v) is 1.35. The molecule has 4 nitrogen and oxygen atoms in total. The van der Waals surface area contributed by atoms with Gasteiger partial charge in [0.15, 0.2) is 0 Å². The van der Waals surface area contributed by atoms with Crippen molar-refractivity contribution in [1.82, 2.24) is 10.2 Å². The van der Waals surface area contributed by atoms with E-state index in [-0.39, 0.29) is 0 Å². The van der Waals surface area contributed by atoms with Crippen LogP contribution in [0.4, 0.5) is 0 Å². The number of rotatable bonds is 2. The monoisotopic (exact) mass is 228 g/mol. The quantitative estimate of drug-likeness (QED) is 0.798. The summed E-state index contributed by atoms with van der Waals surface area (Å²) in [7, 11) is 3.22. The first-order chi connectivity index (χ1) is 8.31. The number of ether oxygens (including phenoxy) is 2. The Morgan fingerprint density at radius 1 is 1.06 bits per heavy atom. The van der Waals surface area contributed by atoms with Gasteiger partial charge in [0.05, 0.1) is 14.2 Å². The van der Waals surface area contributed by atoms with E-state index in [1.807, 2.05) is 18.2 Å². The second-order valence-electron chi connectivity index (χ2n) is 3.31. The zero-order valence-electron chi connectivity index (χ0n) is 9.65. The summed E-state index contributed by atoms with van der Waals surface area (Å²) in [6.07, 6.45) is 1.73. The van der Waals surface area contributed by atoms with Gasteiger partial charge in [-0.1, -0.05) is 5.92 Å². The Balaban J connectivity index is 2.32. The molecule has 0 radical (unpaired) electrons. The van der Waals surface area contributed by atoms with Gasteiger partial charge in [0.1, 0.15) is 17.2 Å². The Labute approximate surface area is 99.6 Å². The predicted molar refractivity (Wildman–Crippen MR) is 64.1 cm³/mol. The van der Waals surface area contributed by atoms with E-state index in [1.54, 1.807) is 26.5 Å². The smallest absolute Gasteiger partial charge is 0.135 e. The maximum Gasteiger partial charge on any atom is 0.135 e. The molecule has 0 saturated carbocycles. The average molecular weight is 228 g/mol. The molecule has 1 N–H and O–H groups in total. The van der Waals surface area contributed by atoms with Crippen LogP contribution < -0.4 is 9.47 Å². The molecular weight excluding hydrogens is 216 g/mol. The average Bonchev–Trinajstić information content (AvgIpc) is 2.89. The van der Waals surface area contributed by atoms with Crippen LogP contribution in [0.5, 0.6) is 11.5 Å². The molecule has 1 heterocycles. The topological polar surface area (TPSA) is 47.1 Å². The Morgan fingerprint density at radius 2 is 1.76 bits per heavy atom. The van der Waals surface area contributed by atoms with Crippen LogP contribution in [-0.4, -0.2) is 24.4 Å². The number of aromatic nitrogens is 2. The van der Waals surface area contributed by atoms with Gasteiger partial charge in [-0.15, -0.1) is 0 Å². The van der Waals surface area contributed by atoms with Crippen molar-refractivity contribution in [3.05, 3.63) is 41.7 Å². The van der Waals surface area contributed by atoms with Crippen LogP contribution in [-0.2, 0) is 0 Å². The maximum atomic E-state index is 5.16. The van der Waals surface area contributed by atoms with Crippen LogP contribution in [0.25, 0.3) is 0 Å². The molecule has 4 heteroatoms. The lowest BCUT2D eigenvalue weighted by Crippen LogP contribution is -1.88. The molecular formula is C13H12N2O2. The van der Waals surface area contributed by atoms with E-state index >= 15 is 0 Å². The molecule has 0 atom stereocenters. The van der Waals surface area contributed by atoms with E-state index in [0.717, 1.165) is 17.1 Å². The van der Waals surface area contributed by atoms with Gasteiger partial charge in [0.2, 0.25) is 0 Å². The number of methoxy groups -OCH3 is 2. The Morgan fingerprint density at radius 3 is 2.29 bits per heavy atom. The summed E-state index contributed by atoms with van der Waals surface area (Å²) in [5.41, 5.74) is 1.52. The summed E-state index contributed by atoms with van der Waals surface area (Å²) in [6.45, 7) is 0. The van der Waals surface area contributed by atoms with Gasteiger partial charge in [-0.3, -0.25) is 5.10 Å². The highest BCUT2D eigenvalue weighted by atomic mass is 16.5. The van der Waals surface area contributed by atoms with E-state index in [1.165, 1.54) is 0 Å². The Hall–Kier alpha value is -2.41. The van der Waals surface area contributed by atoms with Crippen LogP contribution in [0.1, 0.15) is 11.3 Å². The lowest BCUT2D eigenvalue weighted by Gasteiger charge is -2.04. The second-order valence-corrected chi connectivity index (χ2v) is 3.31. The fourth-order valence-electron chi connectivity index (χ4n) is 1.35. The summed E-state index contributed by atoms with van der Waals surface area (Å²) in [6, 6.07) is 7.31. The van der Waals surface area contributed by atoms with Gasteiger partial charge < -0.3 is 9.47 Å². The first kappa shape index (κ1) is 11.1. The van der Waals surface area contributed by atoms with E-state index < -0.39 is 0 Å². The highest BCUT2D eigenvalue weighted by Gasteiger charge is 1.99. The molecule has 0 amide bonds. The number of benzene rings is 1. The third kappa shape index (κ3) is 2.79. The third-order valence-corrected chi connectivity index (χ3v) is 2.19. The van der Waals surface area contributed by atoms with Crippen molar-refractivity contribution in [3.8, 4) is 23.3 Å². The van der Waals surface area contributed by atoms with Crippen molar-refractivity contribution in [1.29, 1.82) is 0 Å². The van der Waals surface area contributed by atoms with Crippen LogP contribution >= 0.6 is 0 Å². The molecule has 86 valence electrons.